The molecular formula is C18H30N2O. The number of nitrogens with zero attached hydrogens (tertiary/aromatic N) is 1. The number of anilines is 1. The first kappa shape index (κ1) is 16.2. The first-order chi connectivity index (χ1) is 10.1. The van der Waals surface area contributed by atoms with Gasteiger partial charge in [-0.05, 0) is 36.8 Å². The maximum absolute atomic E-state index is 5.49. The van der Waals surface area contributed by atoms with Crippen molar-refractivity contribution >= 4 is 5.69 Å². The van der Waals surface area contributed by atoms with E-state index in [2.05, 4.69) is 43.2 Å². The molecule has 3 heteroatoms. The van der Waals surface area contributed by atoms with Gasteiger partial charge >= 0.3 is 0 Å². The van der Waals surface area contributed by atoms with E-state index < -0.39 is 0 Å². The molecule has 0 aromatic heterocycles. The summed E-state index contributed by atoms with van der Waals surface area (Å²) in [6, 6.07) is 9.05. The fourth-order valence-electron chi connectivity index (χ4n) is 3.11. The molecule has 3 nitrogen and oxygen atoms in total. The molecule has 1 unspecified atom stereocenters. The zero-order valence-electron chi connectivity index (χ0n) is 14.0. The Bertz CT molecular complexity index is 445. The molecule has 0 amide bonds. The van der Waals surface area contributed by atoms with Gasteiger partial charge in [0.05, 0.1) is 12.8 Å². The minimum Gasteiger partial charge on any atom is -0.495 e. The molecule has 1 aromatic rings. The van der Waals surface area contributed by atoms with Gasteiger partial charge in [-0.1, -0.05) is 32.4 Å². The molecule has 1 saturated carbocycles. The topological polar surface area (TPSA) is 24.5 Å². The van der Waals surface area contributed by atoms with E-state index in [1.807, 2.05) is 12.1 Å². The van der Waals surface area contributed by atoms with Crippen LogP contribution in [0.15, 0.2) is 24.3 Å². The summed E-state index contributed by atoms with van der Waals surface area (Å²) in [5.74, 6) is 0.953. The SMILES string of the molecule is CCCC(C)(CNC1CC1)CN(C)c1ccccc1OC. The number of benzene rings is 1. The maximum Gasteiger partial charge on any atom is 0.142 e. The van der Waals surface area contributed by atoms with E-state index in [0.717, 1.165) is 24.9 Å². The van der Waals surface area contributed by atoms with Crippen molar-refractivity contribution in [1.29, 1.82) is 0 Å². The Morgan fingerprint density at radius 1 is 1.33 bits per heavy atom. The second kappa shape index (κ2) is 7.17. The van der Waals surface area contributed by atoms with Gasteiger partial charge in [-0.3, -0.25) is 0 Å². The van der Waals surface area contributed by atoms with Crippen molar-refractivity contribution < 1.29 is 4.74 Å². The molecule has 1 fully saturated rings. The van der Waals surface area contributed by atoms with E-state index in [4.69, 9.17) is 4.74 Å². The number of rotatable bonds is 9. The minimum atomic E-state index is 0.299. The van der Waals surface area contributed by atoms with Gasteiger partial charge in [0.25, 0.3) is 0 Å². The van der Waals surface area contributed by atoms with Crippen LogP contribution in [0, 0.1) is 5.41 Å². The molecule has 0 aliphatic heterocycles. The Morgan fingerprint density at radius 3 is 2.67 bits per heavy atom. The van der Waals surface area contributed by atoms with Crippen molar-refractivity contribution in [2.24, 2.45) is 5.41 Å². The Labute approximate surface area is 129 Å². The van der Waals surface area contributed by atoms with Gasteiger partial charge in [0.1, 0.15) is 5.75 Å². The number of hydrogen-bond donors (Lipinski definition) is 1. The molecule has 1 aliphatic rings. The lowest BCUT2D eigenvalue weighted by atomic mass is 9.84. The number of hydrogen-bond acceptors (Lipinski definition) is 3. The standard InChI is InChI=1S/C18H30N2O/c1-5-12-18(2,13-19-15-10-11-15)14-20(3)16-8-6-7-9-17(16)21-4/h6-9,15,19H,5,10-14H2,1-4H3. The van der Waals surface area contributed by atoms with E-state index in [1.54, 1.807) is 7.11 Å². The van der Waals surface area contributed by atoms with Crippen LogP contribution in [-0.2, 0) is 0 Å². The lowest BCUT2D eigenvalue weighted by molar-refractivity contribution is 0.282. The van der Waals surface area contributed by atoms with Crippen LogP contribution < -0.4 is 15.0 Å². The zero-order chi connectivity index (χ0) is 15.3. The molecule has 21 heavy (non-hydrogen) atoms. The molecule has 2 rings (SSSR count). The summed E-state index contributed by atoms with van der Waals surface area (Å²) in [7, 11) is 3.91. The Hall–Kier alpha value is -1.22. The molecule has 0 saturated heterocycles. The third-order valence-corrected chi connectivity index (χ3v) is 4.36. The summed E-state index contributed by atoms with van der Waals surface area (Å²) in [4.78, 5) is 2.34. The lowest BCUT2D eigenvalue weighted by Gasteiger charge is -2.35. The van der Waals surface area contributed by atoms with Crippen LogP contribution in [0.5, 0.6) is 5.75 Å². The van der Waals surface area contributed by atoms with Gasteiger partial charge in [-0.15, -0.1) is 0 Å². The van der Waals surface area contributed by atoms with Crippen LogP contribution in [0.3, 0.4) is 0 Å². The normalized spacial score (nSPS) is 17.3. The molecule has 0 spiro atoms. The van der Waals surface area contributed by atoms with E-state index in [1.165, 1.54) is 31.4 Å². The smallest absolute Gasteiger partial charge is 0.142 e. The largest absolute Gasteiger partial charge is 0.495 e. The molecule has 1 aromatic carbocycles. The highest BCUT2D eigenvalue weighted by atomic mass is 16.5. The average Bonchev–Trinajstić information content (AvgIpc) is 3.29. The monoisotopic (exact) mass is 290 g/mol. The van der Waals surface area contributed by atoms with Crippen LogP contribution >= 0.6 is 0 Å². The number of para-hydroxylation sites is 2. The Balaban J connectivity index is 2.03. The fourth-order valence-corrected chi connectivity index (χ4v) is 3.11. The maximum atomic E-state index is 5.49. The molecule has 0 heterocycles. The second-order valence-corrected chi connectivity index (χ2v) is 6.74. The molecule has 1 N–H and O–H groups in total. The van der Waals surface area contributed by atoms with E-state index >= 15 is 0 Å². The van der Waals surface area contributed by atoms with Crippen molar-refractivity contribution in [3.05, 3.63) is 24.3 Å². The van der Waals surface area contributed by atoms with Crippen LogP contribution in [0.2, 0.25) is 0 Å². The zero-order valence-corrected chi connectivity index (χ0v) is 14.0. The van der Waals surface area contributed by atoms with Gasteiger partial charge in [-0.2, -0.15) is 0 Å². The first-order valence-corrected chi connectivity index (χ1v) is 8.15. The summed E-state index contributed by atoms with van der Waals surface area (Å²) in [5.41, 5.74) is 1.47. The van der Waals surface area contributed by atoms with Crippen molar-refractivity contribution in [3.8, 4) is 5.75 Å². The second-order valence-electron chi connectivity index (χ2n) is 6.74. The quantitative estimate of drug-likeness (QED) is 0.750. The third kappa shape index (κ3) is 4.63. The summed E-state index contributed by atoms with van der Waals surface area (Å²) in [5, 5.41) is 3.71. The third-order valence-electron chi connectivity index (χ3n) is 4.36. The van der Waals surface area contributed by atoms with Gasteiger partial charge in [-0.25, -0.2) is 0 Å². The molecule has 1 atom stereocenters. The molecule has 1 aliphatic carbocycles. The summed E-state index contributed by atoms with van der Waals surface area (Å²) in [6.45, 7) is 6.82. The fraction of sp³-hybridized carbons (Fsp3) is 0.667. The number of methoxy groups -OCH3 is 1. The molecular weight excluding hydrogens is 260 g/mol. The highest BCUT2D eigenvalue weighted by Gasteiger charge is 2.29. The summed E-state index contributed by atoms with van der Waals surface area (Å²) in [6.07, 6.45) is 5.17. The predicted molar refractivity (Wildman–Crippen MR) is 90.3 cm³/mol. The Morgan fingerprint density at radius 2 is 2.05 bits per heavy atom. The van der Waals surface area contributed by atoms with Crippen LogP contribution in [-0.4, -0.2) is 33.3 Å². The van der Waals surface area contributed by atoms with E-state index in [0.29, 0.717) is 5.41 Å². The van der Waals surface area contributed by atoms with Gasteiger partial charge in [0.15, 0.2) is 0 Å². The van der Waals surface area contributed by atoms with Gasteiger partial charge in [0.2, 0.25) is 0 Å². The Kier molecular flexibility index (Phi) is 5.51. The number of ether oxygens (including phenoxy) is 1. The number of nitrogens with one attached hydrogen (secondary N) is 1. The van der Waals surface area contributed by atoms with E-state index in [-0.39, 0.29) is 0 Å². The van der Waals surface area contributed by atoms with Crippen LogP contribution in [0.1, 0.15) is 39.5 Å². The highest BCUT2D eigenvalue weighted by molar-refractivity contribution is 5.58. The van der Waals surface area contributed by atoms with Crippen LogP contribution in [0.25, 0.3) is 0 Å². The highest BCUT2D eigenvalue weighted by Crippen LogP contribution is 2.32. The van der Waals surface area contributed by atoms with Gasteiger partial charge < -0.3 is 15.0 Å². The summed E-state index contributed by atoms with van der Waals surface area (Å²) >= 11 is 0. The van der Waals surface area contributed by atoms with Crippen molar-refractivity contribution in [3.63, 3.8) is 0 Å². The lowest BCUT2D eigenvalue weighted by Crippen LogP contribution is -2.41. The minimum absolute atomic E-state index is 0.299. The van der Waals surface area contributed by atoms with Crippen LogP contribution in [0.4, 0.5) is 5.69 Å². The summed E-state index contributed by atoms with van der Waals surface area (Å²) < 4.78 is 5.49. The van der Waals surface area contributed by atoms with Crippen molar-refractivity contribution in [1.82, 2.24) is 5.32 Å². The van der Waals surface area contributed by atoms with Crippen molar-refractivity contribution in [2.45, 2.75) is 45.6 Å². The predicted octanol–water partition coefficient (Wildman–Crippen LogP) is 3.69. The molecule has 0 radical (unpaired) electrons. The van der Waals surface area contributed by atoms with Gasteiger partial charge in [0, 0.05) is 26.2 Å². The van der Waals surface area contributed by atoms with E-state index in [9.17, 15) is 0 Å². The average molecular weight is 290 g/mol. The van der Waals surface area contributed by atoms with Crippen molar-refractivity contribution in [2.75, 3.05) is 32.1 Å². The molecule has 118 valence electrons. The molecule has 0 bridgehead atoms. The first-order valence-electron chi connectivity index (χ1n) is 8.15.